The van der Waals surface area contributed by atoms with Crippen LogP contribution in [0.15, 0.2) is 0 Å². The van der Waals surface area contributed by atoms with Crippen LogP contribution in [0, 0.1) is 17.3 Å². The van der Waals surface area contributed by atoms with E-state index >= 15 is 0 Å². The number of ether oxygens (including phenoxy) is 1. The summed E-state index contributed by atoms with van der Waals surface area (Å²) in [5.41, 5.74) is -1.54. The number of aliphatic hydroxyl groups is 1. The number of methoxy groups -OCH3 is 1. The summed E-state index contributed by atoms with van der Waals surface area (Å²) in [6, 6.07) is 0. The number of rotatable bonds is 4. The van der Waals surface area contributed by atoms with Gasteiger partial charge >= 0.3 is 5.97 Å². The molecule has 1 saturated carbocycles. The fourth-order valence-corrected chi connectivity index (χ4v) is 2.45. The van der Waals surface area contributed by atoms with Gasteiger partial charge in [0.15, 0.2) is 0 Å². The van der Waals surface area contributed by atoms with Gasteiger partial charge < -0.3 is 9.84 Å². The fourth-order valence-electron chi connectivity index (χ4n) is 2.45. The van der Waals surface area contributed by atoms with Gasteiger partial charge in [0.2, 0.25) is 0 Å². The van der Waals surface area contributed by atoms with Gasteiger partial charge in [0, 0.05) is 5.92 Å². The molecule has 94 valence electrons. The van der Waals surface area contributed by atoms with Crippen LogP contribution in [0.4, 0.5) is 0 Å². The summed E-state index contributed by atoms with van der Waals surface area (Å²) in [6.07, 6.45) is -0.799. The minimum atomic E-state index is -1.21. The van der Waals surface area contributed by atoms with Crippen molar-refractivity contribution in [2.75, 3.05) is 7.11 Å². The molecule has 0 bridgehead atoms. The molecule has 0 radical (unpaired) electrons. The fraction of sp³-hybridized carbons (Fsp3) is 0.909. The van der Waals surface area contributed by atoms with E-state index in [-0.39, 0.29) is 23.2 Å². The molecular weight excluding hydrogens is 212 g/mol. The van der Waals surface area contributed by atoms with Gasteiger partial charge in [-0.2, -0.15) is 0 Å². The molecule has 2 N–H and O–H groups in total. The van der Waals surface area contributed by atoms with Gasteiger partial charge in [-0.05, 0) is 19.3 Å². The predicted octanol–water partition coefficient (Wildman–Crippen LogP) is 1.06. The first-order valence-electron chi connectivity index (χ1n) is 5.28. The van der Waals surface area contributed by atoms with Gasteiger partial charge in [0.25, 0.3) is 0 Å². The lowest BCUT2D eigenvalue weighted by Gasteiger charge is -2.27. The SMILES string of the molecule is COC(=O)C1C(C(OO)C(C)(C)O)C1(C)C. The first kappa shape index (κ1) is 13.4. The molecule has 0 spiro atoms. The molecule has 3 unspecified atom stereocenters. The zero-order valence-electron chi connectivity index (χ0n) is 10.4. The van der Waals surface area contributed by atoms with Crippen molar-refractivity contribution >= 4 is 5.97 Å². The molecule has 1 aliphatic rings. The summed E-state index contributed by atoms with van der Waals surface area (Å²) in [4.78, 5) is 15.8. The van der Waals surface area contributed by atoms with E-state index in [4.69, 9.17) is 5.26 Å². The molecule has 5 heteroatoms. The van der Waals surface area contributed by atoms with E-state index in [1.807, 2.05) is 13.8 Å². The van der Waals surface area contributed by atoms with Crippen LogP contribution >= 0.6 is 0 Å². The summed E-state index contributed by atoms with van der Waals surface area (Å²) >= 11 is 0. The molecule has 0 aliphatic heterocycles. The van der Waals surface area contributed by atoms with Crippen LogP contribution in [0.1, 0.15) is 27.7 Å². The monoisotopic (exact) mass is 232 g/mol. The molecule has 1 fully saturated rings. The Labute approximate surface area is 95.3 Å². The van der Waals surface area contributed by atoms with Crippen LogP contribution in [0.3, 0.4) is 0 Å². The number of carbonyl (C=O) groups is 1. The van der Waals surface area contributed by atoms with Crippen LogP contribution in [-0.2, 0) is 14.4 Å². The highest BCUT2D eigenvalue weighted by Crippen LogP contribution is 2.62. The largest absolute Gasteiger partial charge is 0.469 e. The third-order valence-corrected chi connectivity index (χ3v) is 3.50. The van der Waals surface area contributed by atoms with Gasteiger partial charge in [-0.1, -0.05) is 13.8 Å². The van der Waals surface area contributed by atoms with Gasteiger partial charge in [-0.25, -0.2) is 4.89 Å². The van der Waals surface area contributed by atoms with Gasteiger partial charge in [-0.3, -0.25) is 10.1 Å². The molecule has 3 atom stereocenters. The number of hydrogen-bond acceptors (Lipinski definition) is 5. The smallest absolute Gasteiger partial charge is 0.309 e. The van der Waals surface area contributed by atoms with Crippen LogP contribution in [-0.4, -0.2) is 35.1 Å². The zero-order valence-corrected chi connectivity index (χ0v) is 10.4. The van der Waals surface area contributed by atoms with E-state index in [1.54, 1.807) is 0 Å². The molecule has 1 rings (SSSR count). The van der Waals surface area contributed by atoms with Crippen LogP contribution < -0.4 is 0 Å². The zero-order chi connectivity index (χ0) is 12.7. The van der Waals surface area contributed by atoms with Crippen LogP contribution in [0.2, 0.25) is 0 Å². The molecule has 0 aromatic rings. The molecule has 0 heterocycles. The average molecular weight is 232 g/mol. The van der Waals surface area contributed by atoms with Crippen molar-refractivity contribution in [2.45, 2.75) is 39.4 Å². The van der Waals surface area contributed by atoms with Crippen molar-refractivity contribution in [1.82, 2.24) is 0 Å². The van der Waals surface area contributed by atoms with E-state index in [1.165, 1.54) is 21.0 Å². The summed E-state index contributed by atoms with van der Waals surface area (Å²) in [7, 11) is 1.33. The summed E-state index contributed by atoms with van der Waals surface area (Å²) in [5.74, 6) is -0.924. The predicted molar refractivity (Wildman–Crippen MR) is 56.6 cm³/mol. The van der Waals surface area contributed by atoms with Gasteiger partial charge in [0.05, 0.1) is 18.6 Å². The molecule has 0 aromatic carbocycles. The Morgan fingerprint density at radius 2 is 1.94 bits per heavy atom. The molecule has 0 aromatic heterocycles. The highest BCUT2D eigenvalue weighted by atomic mass is 17.1. The molecule has 1 aliphatic carbocycles. The van der Waals surface area contributed by atoms with E-state index < -0.39 is 11.7 Å². The Kier molecular flexibility index (Phi) is 3.34. The highest BCUT2D eigenvalue weighted by Gasteiger charge is 2.68. The topological polar surface area (TPSA) is 76.0 Å². The maximum absolute atomic E-state index is 11.5. The first-order chi connectivity index (χ1) is 7.17. The third kappa shape index (κ3) is 2.07. The standard InChI is InChI=1S/C11H20O5/c1-10(2)6(7(10)9(12)15-5)8(16-14)11(3,4)13/h6-8,13-14H,1-5H3. The lowest BCUT2D eigenvalue weighted by Crippen LogP contribution is -2.40. The summed E-state index contributed by atoms with van der Waals surface area (Å²) < 4.78 is 4.69. The highest BCUT2D eigenvalue weighted by molar-refractivity contribution is 5.77. The van der Waals surface area contributed by atoms with Crippen molar-refractivity contribution in [2.24, 2.45) is 17.3 Å². The van der Waals surface area contributed by atoms with Crippen molar-refractivity contribution in [3.63, 3.8) is 0 Å². The first-order valence-corrected chi connectivity index (χ1v) is 5.28. The van der Waals surface area contributed by atoms with E-state index in [0.717, 1.165) is 0 Å². The lowest BCUT2D eigenvalue weighted by molar-refractivity contribution is -0.317. The van der Waals surface area contributed by atoms with Crippen molar-refractivity contribution in [3.8, 4) is 0 Å². The Morgan fingerprint density at radius 1 is 1.44 bits per heavy atom. The molecular formula is C11H20O5. The number of carbonyl (C=O) groups excluding carboxylic acids is 1. The number of hydrogen-bond donors (Lipinski definition) is 2. The van der Waals surface area contributed by atoms with E-state index in [0.29, 0.717) is 0 Å². The minimum absolute atomic E-state index is 0.245. The van der Waals surface area contributed by atoms with Gasteiger partial charge in [-0.15, -0.1) is 0 Å². The second-order valence-electron chi connectivity index (χ2n) is 5.53. The molecule has 0 amide bonds. The minimum Gasteiger partial charge on any atom is -0.469 e. The normalized spacial score (nSPS) is 29.7. The summed E-state index contributed by atoms with van der Waals surface area (Å²) in [5, 5.41) is 18.7. The van der Waals surface area contributed by atoms with E-state index in [2.05, 4.69) is 9.62 Å². The Hall–Kier alpha value is -0.650. The Bertz CT molecular complexity index is 279. The van der Waals surface area contributed by atoms with Crippen molar-refractivity contribution in [3.05, 3.63) is 0 Å². The maximum Gasteiger partial charge on any atom is 0.309 e. The molecule has 0 saturated heterocycles. The third-order valence-electron chi connectivity index (χ3n) is 3.50. The molecule has 5 nitrogen and oxygen atoms in total. The summed E-state index contributed by atoms with van der Waals surface area (Å²) in [6.45, 7) is 6.85. The van der Waals surface area contributed by atoms with Gasteiger partial charge in [0.1, 0.15) is 6.10 Å². The quantitative estimate of drug-likeness (QED) is 0.430. The van der Waals surface area contributed by atoms with E-state index in [9.17, 15) is 9.90 Å². The van der Waals surface area contributed by atoms with Crippen LogP contribution in [0.5, 0.6) is 0 Å². The Balaban J connectivity index is 2.86. The maximum atomic E-state index is 11.5. The Morgan fingerprint density at radius 3 is 2.25 bits per heavy atom. The van der Waals surface area contributed by atoms with Crippen molar-refractivity contribution in [1.29, 1.82) is 0 Å². The van der Waals surface area contributed by atoms with Crippen LogP contribution in [0.25, 0.3) is 0 Å². The van der Waals surface area contributed by atoms with Crippen molar-refractivity contribution < 1.29 is 24.8 Å². The second kappa shape index (κ2) is 3.98. The number of esters is 1. The average Bonchev–Trinajstić information content (AvgIpc) is 2.67. The second-order valence-corrected chi connectivity index (χ2v) is 5.53. The lowest BCUT2D eigenvalue weighted by atomic mass is 9.93. The molecule has 16 heavy (non-hydrogen) atoms.